The van der Waals surface area contributed by atoms with Gasteiger partial charge < -0.3 is 4.74 Å². The van der Waals surface area contributed by atoms with Crippen LogP contribution in [0.4, 0.5) is 8.78 Å². The van der Waals surface area contributed by atoms with Crippen molar-refractivity contribution in [1.82, 2.24) is 4.57 Å². The first kappa shape index (κ1) is 17.2. The number of ether oxygens (including phenoxy) is 1. The lowest BCUT2D eigenvalue weighted by Crippen LogP contribution is -2.22. The molecule has 0 spiro atoms. The van der Waals surface area contributed by atoms with E-state index in [9.17, 15) is 13.6 Å². The van der Waals surface area contributed by atoms with Crippen molar-refractivity contribution in [2.75, 3.05) is 6.61 Å². The molecule has 0 saturated carbocycles. The van der Waals surface area contributed by atoms with Crippen LogP contribution in [0.2, 0.25) is 5.02 Å². The number of nitriles is 1. The molecule has 2 heterocycles. The molecule has 0 saturated heterocycles. The molecule has 4 rings (SSSR count). The molecule has 1 aromatic heterocycles. The van der Waals surface area contributed by atoms with Crippen LogP contribution in [0, 0.1) is 28.4 Å². The summed E-state index contributed by atoms with van der Waals surface area (Å²) in [7, 11) is 0. The van der Waals surface area contributed by atoms with Crippen LogP contribution in [-0.2, 0) is 6.54 Å². The van der Waals surface area contributed by atoms with Crippen LogP contribution >= 0.6 is 11.6 Å². The zero-order valence-electron chi connectivity index (χ0n) is 13.6. The van der Waals surface area contributed by atoms with Gasteiger partial charge in [-0.05, 0) is 0 Å². The second kappa shape index (κ2) is 6.18. The summed E-state index contributed by atoms with van der Waals surface area (Å²) in [4.78, 5) is 13.1. The Morgan fingerprint density at radius 3 is 2.59 bits per heavy atom. The van der Waals surface area contributed by atoms with Gasteiger partial charge in [0.05, 0.1) is 17.1 Å². The topological polar surface area (TPSA) is 78.9 Å². The predicted octanol–water partition coefficient (Wildman–Crippen LogP) is 3.55. The number of fused-ring (bicyclic) bond motifs is 2. The summed E-state index contributed by atoms with van der Waals surface area (Å²) in [6, 6.07) is 9.58. The molecule has 8 heteroatoms. The number of nitrogens with zero attached hydrogens (tertiary/aromatic N) is 2. The summed E-state index contributed by atoms with van der Waals surface area (Å²) in [6.45, 7) is 0.417. The molecule has 1 aliphatic heterocycles. The minimum absolute atomic E-state index is 0.0135. The number of carbonyl (C=O) groups is 1. The fourth-order valence-electron chi connectivity index (χ4n) is 3.24. The Morgan fingerprint density at radius 1 is 1.22 bits per heavy atom. The molecule has 0 bridgehead atoms. The van der Waals surface area contributed by atoms with Crippen molar-refractivity contribution >= 4 is 28.2 Å². The third-order valence-electron chi connectivity index (χ3n) is 4.46. The van der Waals surface area contributed by atoms with E-state index < -0.39 is 33.4 Å². The highest BCUT2D eigenvalue weighted by Gasteiger charge is 2.32. The minimum Gasteiger partial charge on any atom is -0.476 e. The number of ketones is 1. The Balaban J connectivity index is 2.23. The first-order valence-corrected chi connectivity index (χ1v) is 8.29. The van der Waals surface area contributed by atoms with Gasteiger partial charge in [0, 0.05) is 16.3 Å². The van der Waals surface area contributed by atoms with Crippen molar-refractivity contribution in [3.8, 4) is 11.9 Å². The van der Waals surface area contributed by atoms with Crippen LogP contribution in [-0.4, -0.2) is 17.0 Å². The molecule has 3 aromatic rings. The average molecular weight is 386 g/mol. The molecule has 0 amide bonds. The zero-order valence-corrected chi connectivity index (χ0v) is 14.4. The summed E-state index contributed by atoms with van der Waals surface area (Å²) in [6.07, 6.45) is 0. The summed E-state index contributed by atoms with van der Waals surface area (Å²) >= 11 is 6.13. The Morgan fingerprint density at radius 2 is 1.93 bits per heavy atom. The average Bonchev–Trinajstić information content (AvgIpc) is 3.17. The number of benzene rings is 2. The normalized spacial score (nSPS) is 12.5. The molecule has 1 N–H and O–H groups in total. The number of pyridine rings is 1. The van der Waals surface area contributed by atoms with Crippen LogP contribution in [0.3, 0.4) is 0 Å². The van der Waals surface area contributed by atoms with Gasteiger partial charge in [0.1, 0.15) is 23.7 Å². The number of hydrogen-bond donors (Lipinski definition) is 1. The van der Waals surface area contributed by atoms with E-state index in [-0.39, 0.29) is 41.0 Å². The lowest BCUT2D eigenvalue weighted by molar-refractivity contribution is 0.103. The summed E-state index contributed by atoms with van der Waals surface area (Å²) < 4.78 is 36.2. The van der Waals surface area contributed by atoms with Crippen LogP contribution in [0.1, 0.15) is 21.5 Å². The van der Waals surface area contributed by atoms with Crippen molar-refractivity contribution in [2.45, 2.75) is 6.54 Å². The Hall–Kier alpha value is -3.24. The predicted molar refractivity (Wildman–Crippen MR) is 92.8 cm³/mol. The number of aromatic nitrogens is 1. The van der Waals surface area contributed by atoms with Gasteiger partial charge in [-0.2, -0.15) is 5.26 Å². The van der Waals surface area contributed by atoms with E-state index >= 15 is 0 Å². The molecular formula is C19H10ClF2N3O2. The van der Waals surface area contributed by atoms with Crippen LogP contribution < -0.4 is 10.2 Å². The van der Waals surface area contributed by atoms with Crippen LogP contribution in [0.5, 0.6) is 5.88 Å². The third-order valence-corrected chi connectivity index (χ3v) is 4.84. The second-order valence-corrected chi connectivity index (χ2v) is 6.28. The van der Waals surface area contributed by atoms with Crippen molar-refractivity contribution in [3.63, 3.8) is 0 Å². The molecule has 134 valence electrons. The molecular weight excluding hydrogens is 376 g/mol. The molecule has 0 fully saturated rings. The van der Waals surface area contributed by atoms with Gasteiger partial charge in [0.25, 0.3) is 0 Å². The van der Waals surface area contributed by atoms with Crippen LogP contribution in [0.15, 0.2) is 30.3 Å². The number of halogens is 3. The Kier molecular flexibility index (Phi) is 3.93. The molecule has 0 radical (unpaired) electrons. The smallest absolute Gasteiger partial charge is 0.207 e. The summed E-state index contributed by atoms with van der Waals surface area (Å²) in [5.74, 6) is -3.47. The van der Waals surface area contributed by atoms with E-state index in [1.54, 1.807) is 18.2 Å². The molecule has 2 aromatic carbocycles. The maximum absolute atomic E-state index is 14.9. The van der Waals surface area contributed by atoms with Crippen molar-refractivity contribution < 1.29 is 18.3 Å². The van der Waals surface area contributed by atoms with E-state index in [0.717, 1.165) is 0 Å². The number of rotatable bonds is 2. The molecule has 0 aliphatic carbocycles. The van der Waals surface area contributed by atoms with Gasteiger partial charge in [0.15, 0.2) is 17.4 Å². The molecule has 1 aliphatic rings. The van der Waals surface area contributed by atoms with Gasteiger partial charge in [-0.1, -0.05) is 41.9 Å². The minimum atomic E-state index is -1.46. The fourth-order valence-corrected chi connectivity index (χ4v) is 3.54. The largest absolute Gasteiger partial charge is 0.476 e. The van der Waals surface area contributed by atoms with Gasteiger partial charge in [0.2, 0.25) is 5.88 Å². The van der Waals surface area contributed by atoms with E-state index in [4.69, 9.17) is 27.0 Å². The van der Waals surface area contributed by atoms with Crippen molar-refractivity contribution in [1.29, 1.82) is 10.7 Å². The SMILES string of the molecule is N#Cc1c(F)c(F)c2c(C(=O)c3ccccc3)c3n(c(=N)c2c1Cl)CCO3. The fraction of sp³-hybridized carbons (Fsp3) is 0.105. The number of carbonyl (C=O) groups excluding carboxylic acids is 1. The van der Waals surface area contributed by atoms with E-state index in [1.807, 2.05) is 0 Å². The van der Waals surface area contributed by atoms with Gasteiger partial charge in [-0.25, -0.2) is 8.78 Å². The number of hydrogen-bond acceptors (Lipinski definition) is 4. The number of nitrogens with one attached hydrogen (secondary N) is 1. The van der Waals surface area contributed by atoms with E-state index in [1.165, 1.54) is 22.8 Å². The molecule has 27 heavy (non-hydrogen) atoms. The lowest BCUT2D eigenvalue weighted by atomic mass is 9.96. The van der Waals surface area contributed by atoms with Crippen molar-refractivity contribution in [3.05, 3.63) is 69.2 Å². The standard InChI is InChI=1S/C19H10ClF2N3O2/c20-14-10(8-23)15(21)16(22)11-12(14)18(24)25-6-7-27-19(25)13(11)17(26)9-4-2-1-3-5-9/h1-5,24H,6-7H2. The zero-order chi connectivity index (χ0) is 19.3. The van der Waals surface area contributed by atoms with E-state index in [2.05, 4.69) is 0 Å². The molecule has 5 nitrogen and oxygen atoms in total. The summed E-state index contributed by atoms with van der Waals surface area (Å²) in [5, 5.41) is 16.4. The molecule has 0 unspecified atom stereocenters. The van der Waals surface area contributed by atoms with Crippen LogP contribution in [0.25, 0.3) is 10.8 Å². The highest BCUT2D eigenvalue weighted by Crippen LogP contribution is 2.37. The molecule has 0 atom stereocenters. The maximum Gasteiger partial charge on any atom is 0.207 e. The summed E-state index contributed by atoms with van der Waals surface area (Å²) in [5.41, 5.74) is -0.919. The quantitative estimate of drug-likeness (QED) is 0.541. The van der Waals surface area contributed by atoms with Crippen molar-refractivity contribution in [2.24, 2.45) is 0 Å². The first-order valence-electron chi connectivity index (χ1n) is 7.91. The highest BCUT2D eigenvalue weighted by atomic mass is 35.5. The second-order valence-electron chi connectivity index (χ2n) is 5.90. The third kappa shape index (κ3) is 2.34. The Bertz CT molecular complexity index is 1230. The van der Waals surface area contributed by atoms with Gasteiger partial charge in [-0.3, -0.25) is 14.8 Å². The first-order chi connectivity index (χ1) is 13.0. The van der Waals surface area contributed by atoms with E-state index in [0.29, 0.717) is 0 Å². The van der Waals surface area contributed by atoms with Gasteiger partial charge >= 0.3 is 0 Å². The monoisotopic (exact) mass is 385 g/mol. The highest BCUT2D eigenvalue weighted by molar-refractivity contribution is 6.37. The Labute approximate surface area is 156 Å². The van der Waals surface area contributed by atoms with Gasteiger partial charge in [-0.15, -0.1) is 0 Å². The maximum atomic E-state index is 14.9. The lowest BCUT2D eigenvalue weighted by Gasteiger charge is -2.15.